The minimum Gasteiger partial charge on any atom is -0.468 e. The second-order valence-corrected chi connectivity index (χ2v) is 8.15. The van der Waals surface area contributed by atoms with Gasteiger partial charge >= 0.3 is 5.97 Å². The van der Waals surface area contributed by atoms with E-state index in [2.05, 4.69) is 20.2 Å². The summed E-state index contributed by atoms with van der Waals surface area (Å²) in [6.07, 6.45) is 9.93. The van der Waals surface area contributed by atoms with Gasteiger partial charge in [0.1, 0.15) is 11.9 Å². The first-order chi connectivity index (χ1) is 14.7. The van der Waals surface area contributed by atoms with Gasteiger partial charge in [-0.15, -0.1) is 0 Å². The number of fused-ring (bicyclic) bond motifs is 1. The number of methoxy groups -OCH3 is 1. The summed E-state index contributed by atoms with van der Waals surface area (Å²) in [6.45, 7) is 2.64. The summed E-state index contributed by atoms with van der Waals surface area (Å²) in [5.41, 5.74) is 1.92. The summed E-state index contributed by atoms with van der Waals surface area (Å²) in [6, 6.07) is 5.63. The fourth-order valence-electron chi connectivity index (χ4n) is 4.63. The van der Waals surface area contributed by atoms with Crippen LogP contribution in [0.2, 0.25) is 0 Å². The van der Waals surface area contributed by atoms with Gasteiger partial charge < -0.3 is 15.0 Å². The normalized spacial score (nSPS) is 20.6. The van der Waals surface area contributed by atoms with Crippen LogP contribution in [-0.2, 0) is 9.53 Å². The molecule has 2 aliphatic heterocycles. The predicted octanol–water partition coefficient (Wildman–Crippen LogP) is 2.21. The molecule has 0 radical (unpaired) electrons. The van der Waals surface area contributed by atoms with Crippen molar-refractivity contribution < 1.29 is 9.53 Å². The van der Waals surface area contributed by atoms with E-state index in [-0.39, 0.29) is 17.4 Å². The minimum atomic E-state index is -0.189. The van der Waals surface area contributed by atoms with Crippen molar-refractivity contribution >= 4 is 22.7 Å². The lowest BCUT2D eigenvalue weighted by atomic mass is 9.76. The van der Waals surface area contributed by atoms with Crippen LogP contribution >= 0.6 is 0 Å². The molecule has 0 bridgehead atoms. The Kier molecular flexibility index (Phi) is 4.78. The average molecular weight is 404 g/mol. The van der Waals surface area contributed by atoms with E-state index >= 15 is 0 Å². The van der Waals surface area contributed by atoms with Crippen LogP contribution < -0.4 is 10.2 Å². The maximum Gasteiger partial charge on any atom is 0.322 e. The second kappa shape index (κ2) is 7.60. The van der Waals surface area contributed by atoms with E-state index < -0.39 is 0 Å². The lowest BCUT2D eigenvalue weighted by Gasteiger charge is -2.39. The van der Waals surface area contributed by atoms with Crippen LogP contribution in [0.3, 0.4) is 0 Å². The SMILES string of the molecule is COC(=O)C1CC2(CCN(c3nc(-c4ccncc4)nc4cnccc34)CC2)CN1. The van der Waals surface area contributed by atoms with Gasteiger partial charge in [0.25, 0.3) is 0 Å². The van der Waals surface area contributed by atoms with E-state index in [1.807, 2.05) is 18.2 Å². The Bertz CT molecular complexity index is 1070. The number of carbonyl (C=O) groups is 1. The van der Waals surface area contributed by atoms with Crippen LogP contribution in [0.1, 0.15) is 19.3 Å². The van der Waals surface area contributed by atoms with Crippen molar-refractivity contribution in [2.75, 3.05) is 31.6 Å². The van der Waals surface area contributed by atoms with E-state index in [4.69, 9.17) is 14.7 Å². The Morgan fingerprint density at radius 3 is 2.67 bits per heavy atom. The number of pyridine rings is 2. The third kappa shape index (κ3) is 3.37. The fourth-order valence-corrected chi connectivity index (χ4v) is 4.63. The monoisotopic (exact) mass is 404 g/mol. The van der Waals surface area contributed by atoms with Crippen molar-refractivity contribution in [3.63, 3.8) is 0 Å². The van der Waals surface area contributed by atoms with E-state index in [9.17, 15) is 4.79 Å². The zero-order valence-corrected chi connectivity index (χ0v) is 16.9. The third-order valence-electron chi connectivity index (χ3n) is 6.39. The molecular formula is C22H24N6O2. The molecule has 3 aromatic heterocycles. The van der Waals surface area contributed by atoms with Crippen molar-refractivity contribution in [1.29, 1.82) is 0 Å². The molecule has 1 spiro atoms. The standard InChI is InChI=1S/C22H24N6O2/c1-30-21(29)17-12-22(14-25-17)5-10-28(11-6-22)20-16-4-9-24-13-18(16)26-19(27-20)15-2-7-23-8-3-15/h2-4,7-9,13,17,25H,5-6,10-12,14H2,1H3. The second-order valence-electron chi connectivity index (χ2n) is 8.15. The maximum absolute atomic E-state index is 11.9. The Balaban J connectivity index is 1.43. The summed E-state index contributed by atoms with van der Waals surface area (Å²) in [5, 5.41) is 4.36. The molecule has 8 nitrogen and oxygen atoms in total. The molecule has 8 heteroatoms. The van der Waals surface area contributed by atoms with Crippen LogP contribution in [0.25, 0.3) is 22.3 Å². The van der Waals surface area contributed by atoms with Gasteiger partial charge in [-0.1, -0.05) is 0 Å². The van der Waals surface area contributed by atoms with Gasteiger partial charge in [0, 0.05) is 49.2 Å². The van der Waals surface area contributed by atoms with Crippen LogP contribution in [0, 0.1) is 5.41 Å². The zero-order valence-electron chi connectivity index (χ0n) is 16.9. The number of esters is 1. The number of aromatic nitrogens is 4. The van der Waals surface area contributed by atoms with Gasteiger partial charge in [-0.25, -0.2) is 9.97 Å². The first-order valence-corrected chi connectivity index (χ1v) is 10.3. The highest BCUT2D eigenvalue weighted by molar-refractivity contribution is 5.90. The quantitative estimate of drug-likeness (QED) is 0.664. The molecule has 2 aliphatic rings. The smallest absolute Gasteiger partial charge is 0.322 e. The Morgan fingerprint density at radius 2 is 1.90 bits per heavy atom. The Labute approximate surface area is 174 Å². The molecule has 2 saturated heterocycles. The highest BCUT2D eigenvalue weighted by Crippen LogP contribution is 2.41. The minimum absolute atomic E-state index is 0.147. The first-order valence-electron chi connectivity index (χ1n) is 10.3. The molecule has 5 rings (SSSR count). The Morgan fingerprint density at radius 1 is 1.13 bits per heavy atom. The lowest BCUT2D eigenvalue weighted by molar-refractivity contribution is -0.142. The zero-order chi connectivity index (χ0) is 20.6. The number of piperidine rings is 1. The van der Waals surface area contributed by atoms with Crippen LogP contribution in [-0.4, -0.2) is 58.7 Å². The van der Waals surface area contributed by atoms with Crippen molar-refractivity contribution in [3.05, 3.63) is 43.0 Å². The van der Waals surface area contributed by atoms with Gasteiger partial charge in [-0.3, -0.25) is 14.8 Å². The Hall–Kier alpha value is -3.13. The summed E-state index contributed by atoms with van der Waals surface area (Å²) in [5.74, 6) is 1.46. The fraction of sp³-hybridized carbons (Fsp3) is 0.409. The molecule has 30 heavy (non-hydrogen) atoms. The molecule has 0 aliphatic carbocycles. The maximum atomic E-state index is 11.9. The number of nitrogens with one attached hydrogen (secondary N) is 1. The topological polar surface area (TPSA) is 93.1 Å². The van der Waals surface area contributed by atoms with Gasteiger partial charge in [0.15, 0.2) is 5.82 Å². The summed E-state index contributed by atoms with van der Waals surface area (Å²) >= 11 is 0. The van der Waals surface area contributed by atoms with Crippen LogP contribution in [0.5, 0.6) is 0 Å². The van der Waals surface area contributed by atoms with Crippen molar-refractivity contribution in [3.8, 4) is 11.4 Å². The van der Waals surface area contributed by atoms with Crippen LogP contribution in [0.4, 0.5) is 5.82 Å². The van der Waals surface area contributed by atoms with Gasteiger partial charge in [-0.05, 0) is 42.9 Å². The molecule has 1 N–H and O–H groups in total. The summed E-state index contributed by atoms with van der Waals surface area (Å²) in [7, 11) is 1.45. The molecule has 2 fully saturated rings. The van der Waals surface area contributed by atoms with Crippen molar-refractivity contribution in [2.45, 2.75) is 25.3 Å². The number of carbonyl (C=O) groups excluding carboxylic acids is 1. The molecule has 154 valence electrons. The number of ether oxygens (including phenoxy) is 1. The summed E-state index contributed by atoms with van der Waals surface area (Å²) < 4.78 is 4.92. The molecule has 0 amide bonds. The number of rotatable bonds is 3. The molecule has 3 aromatic rings. The first kappa shape index (κ1) is 18.9. The molecular weight excluding hydrogens is 380 g/mol. The van der Waals surface area contributed by atoms with Crippen molar-refractivity contribution in [1.82, 2.24) is 25.3 Å². The van der Waals surface area contributed by atoms with Crippen LogP contribution in [0.15, 0.2) is 43.0 Å². The number of hydrogen-bond donors (Lipinski definition) is 1. The van der Waals surface area contributed by atoms with E-state index in [1.165, 1.54) is 7.11 Å². The third-order valence-corrected chi connectivity index (χ3v) is 6.39. The van der Waals surface area contributed by atoms with Gasteiger partial charge in [0.05, 0.1) is 18.8 Å². The molecule has 1 atom stereocenters. The van der Waals surface area contributed by atoms with Crippen molar-refractivity contribution in [2.24, 2.45) is 5.41 Å². The highest BCUT2D eigenvalue weighted by Gasteiger charge is 2.44. The number of nitrogens with zero attached hydrogens (tertiary/aromatic N) is 5. The summed E-state index contributed by atoms with van der Waals surface area (Å²) in [4.78, 5) is 32.3. The van der Waals surface area contributed by atoms with Gasteiger partial charge in [0.2, 0.25) is 0 Å². The average Bonchev–Trinajstić information content (AvgIpc) is 3.22. The van der Waals surface area contributed by atoms with E-state index in [0.717, 1.165) is 61.2 Å². The lowest BCUT2D eigenvalue weighted by Crippen LogP contribution is -2.41. The predicted molar refractivity (Wildman–Crippen MR) is 113 cm³/mol. The highest BCUT2D eigenvalue weighted by atomic mass is 16.5. The van der Waals surface area contributed by atoms with E-state index in [1.54, 1.807) is 24.8 Å². The largest absolute Gasteiger partial charge is 0.468 e. The van der Waals surface area contributed by atoms with Gasteiger partial charge in [-0.2, -0.15) is 0 Å². The number of anilines is 1. The van der Waals surface area contributed by atoms with E-state index in [0.29, 0.717) is 5.82 Å². The number of hydrogen-bond acceptors (Lipinski definition) is 8. The molecule has 0 saturated carbocycles. The molecule has 0 aromatic carbocycles. The molecule has 1 unspecified atom stereocenters. The molecule has 5 heterocycles.